The monoisotopic (exact) mass is 405 g/mol. The second-order valence-corrected chi connectivity index (χ2v) is 8.82. The number of aromatic nitrogens is 1. The maximum absolute atomic E-state index is 4.96. The zero-order valence-corrected chi connectivity index (χ0v) is 18.7. The number of aryl methyl sites for hydroxylation is 2. The minimum Gasteiger partial charge on any atom is -0.253 e. The van der Waals surface area contributed by atoms with Gasteiger partial charge in [-0.1, -0.05) is 90.0 Å². The molecule has 0 aliphatic heterocycles. The van der Waals surface area contributed by atoms with Crippen molar-refractivity contribution in [2.75, 3.05) is 0 Å². The third-order valence-electron chi connectivity index (χ3n) is 5.80. The highest BCUT2D eigenvalue weighted by molar-refractivity contribution is 5.70. The number of rotatable bonds is 8. The molecular formula is C30H31N. The van der Waals surface area contributed by atoms with Gasteiger partial charge in [0.15, 0.2) is 0 Å². The molecule has 0 saturated heterocycles. The molecule has 3 aromatic rings. The Balaban J connectivity index is 1.32. The molecule has 1 heteroatoms. The summed E-state index contributed by atoms with van der Waals surface area (Å²) < 4.78 is 0. The lowest BCUT2D eigenvalue weighted by molar-refractivity contribution is 0.918. The summed E-state index contributed by atoms with van der Waals surface area (Å²) in [6, 6.07) is 24.1. The molecular weight excluding hydrogens is 374 g/mol. The van der Waals surface area contributed by atoms with E-state index < -0.39 is 0 Å². The van der Waals surface area contributed by atoms with Gasteiger partial charge in [-0.05, 0) is 73.9 Å². The van der Waals surface area contributed by atoms with Crippen molar-refractivity contribution < 1.29 is 0 Å². The van der Waals surface area contributed by atoms with Crippen LogP contribution in [0.4, 0.5) is 0 Å². The molecule has 0 amide bonds. The maximum Gasteiger partial charge on any atom is 0.0668 e. The van der Waals surface area contributed by atoms with E-state index in [4.69, 9.17) is 4.98 Å². The zero-order valence-electron chi connectivity index (χ0n) is 18.7. The summed E-state index contributed by atoms with van der Waals surface area (Å²) in [7, 11) is 0. The van der Waals surface area contributed by atoms with Crippen molar-refractivity contribution in [3.05, 3.63) is 130 Å². The quantitative estimate of drug-likeness (QED) is 0.355. The lowest BCUT2D eigenvalue weighted by Crippen LogP contribution is -1.97. The predicted molar refractivity (Wildman–Crippen MR) is 132 cm³/mol. The molecule has 156 valence electrons. The lowest BCUT2D eigenvalue weighted by atomic mass is 9.99. The molecule has 0 spiro atoms. The first-order chi connectivity index (χ1) is 15.0. The van der Waals surface area contributed by atoms with Crippen LogP contribution in [0.2, 0.25) is 0 Å². The molecule has 0 radical (unpaired) electrons. The number of hydrogen-bond donors (Lipinski definition) is 0. The van der Waals surface area contributed by atoms with E-state index in [0.717, 1.165) is 43.5 Å². The van der Waals surface area contributed by atoms with Gasteiger partial charge in [-0.25, -0.2) is 0 Å². The van der Waals surface area contributed by atoms with E-state index in [9.17, 15) is 0 Å². The molecule has 0 bridgehead atoms. The van der Waals surface area contributed by atoms with Crippen LogP contribution in [0.5, 0.6) is 0 Å². The lowest BCUT2D eigenvalue weighted by Gasteiger charge is -2.09. The molecule has 1 aromatic heterocycles. The summed E-state index contributed by atoms with van der Waals surface area (Å²) in [6.07, 6.45) is 9.58. The van der Waals surface area contributed by atoms with Crippen LogP contribution < -0.4 is 0 Å². The Morgan fingerprint density at radius 1 is 0.871 bits per heavy atom. The highest BCUT2D eigenvalue weighted by Gasteiger charge is 2.12. The first-order valence-electron chi connectivity index (χ1n) is 11.2. The van der Waals surface area contributed by atoms with Crippen LogP contribution >= 0.6 is 0 Å². The zero-order chi connectivity index (χ0) is 21.6. The fraction of sp³-hybridized carbons (Fsp3) is 0.233. The van der Waals surface area contributed by atoms with Gasteiger partial charge in [-0.2, -0.15) is 0 Å². The van der Waals surface area contributed by atoms with E-state index >= 15 is 0 Å². The van der Waals surface area contributed by atoms with Crippen molar-refractivity contribution in [2.24, 2.45) is 0 Å². The standard InChI is InChI=1S/C30H31N/c1-22(2)18-25-13-10-24(11-14-25)12-15-26-16-17-28(20-26)30-9-5-8-29(31-30)21-27-7-4-6-23(3)19-27/h4-11,13-14,16-17,19H,1,12,15,18,20-21H2,2-3H3. The SMILES string of the molecule is C=C(C)Cc1ccc(CCC2=CC=C(c3cccc(Cc4cccc(C)c4)n3)C2)cc1. The van der Waals surface area contributed by atoms with Crippen molar-refractivity contribution in [1.82, 2.24) is 4.98 Å². The summed E-state index contributed by atoms with van der Waals surface area (Å²) in [4.78, 5) is 4.96. The van der Waals surface area contributed by atoms with E-state index in [-0.39, 0.29) is 0 Å². The van der Waals surface area contributed by atoms with Crippen molar-refractivity contribution in [3.8, 4) is 0 Å². The Morgan fingerprint density at radius 3 is 2.42 bits per heavy atom. The number of allylic oxidation sites excluding steroid dienone is 5. The first kappa shape index (κ1) is 21.1. The van der Waals surface area contributed by atoms with Crippen LogP contribution in [-0.2, 0) is 19.3 Å². The van der Waals surface area contributed by atoms with E-state index in [2.05, 4.69) is 99.3 Å². The average molecular weight is 406 g/mol. The molecule has 0 atom stereocenters. The second-order valence-electron chi connectivity index (χ2n) is 8.82. The third-order valence-corrected chi connectivity index (χ3v) is 5.80. The average Bonchev–Trinajstić information content (AvgIpc) is 3.22. The summed E-state index contributed by atoms with van der Waals surface area (Å²) >= 11 is 0. The molecule has 1 aliphatic carbocycles. The highest BCUT2D eigenvalue weighted by atomic mass is 14.7. The van der Waals surface area contributed by atoms with Gasteiger partial charge in [-0.3, -0.25) is 4.98 Å². The molecule has 2 aromatic carbocycles. The van der Waals surface area contributed by atoms with Crippen LogP contribution in [-0.4, -0.2) is 4.98 Å². The number of pyridine rings is 1. The smallest absolute Gasteiger partial charge is 0.0668 e. The van der Waals surface area contributed by atoms with Crippen molar-refractivity contribution >= 4 is 5.57 Å². The highest BCUT2D eigenvalue weighted by Crippen LogP contribution is 2.30. The maximum atomic E-state index is 4.96. The first-order valence-corrected chi connectivity index (χ1v) is 11.2. The van der Waals surface area contributed by atoms with Gasteiger partial charge >= 0.3 is 0 Å². The van der Waals surface area contributed by atoms with Gasteiger partial charge in [0.1, 0.15) is 0 Å². The number of nitrogens with zero attached hydrogens (tertiary/aromatic N) is 1. The minimum absolute atomic E-state index is 0.879. The van der Waals surface area contributed by atoms with E-state index in [0.29, 0.717) is 0 Å². The molecule has 31 heavy (non-hydrogen) atoms. The van der Waals surface area contributed by atoms with Crippen LogP contribution in [0, 0.1) is 6.92 Å². The van der Waals surface area contributed by atoms with Crippen molar-refractivity contribution in [1.29, 1.82) is 0 Å². The van der Waals surface area contributed by atoms with Gasteiger partial charge in [0.2, 0.25) is 0 Å². The summed E-state index contributed by atoms with van der Waals surface area (Å²) in [5, 5.41) is 0. The Hall–Kier alpha value is -3.19. The van der Waals surface area contributed by atoms with Gasteiger partial charge in [0.25, 0.3) is 0 Å². The molecule has 1 aliphatic rings. The third kappa shape index (κ3) is 5.92. The Morgan fingerprint density at radius 2 is 1.65 bits per heavy atom. The summed E-state index contributed by atoms with van der Waals surface area (Å²) in [5.74, 6) is 0. The number of hydrogen-bond acceptors (Lipinski definition) is 1. The minimum atomic E-state index is 0.879. The molecule has 1 nitrogen and oxygen atoms in total. The van der Waals surface area contributed by atoms with Gasteiger partial charge in [-0.15, -0.1) is 0 Å². The Bertz CT molecular complexity index is 1130. The van der Waals surface area contributed by atoms with Crippen molar-refractivity contribution in [3.63, 3.8) is 0 Å². The van der Waals surface area contributed by atoms with Crippen LogP contribution in [0.1, 0.15) is 53.4 Å². The van der Waals surface area contributed by atoms with Crippen LogP contribution in [0.15, 0.2) is 96.6 Å². The fourth-order valence-corrected chi connectivity index (χ4v) is 4.19. The molecule has 0 fully saturated rings. The van der Waals surface area contributed by atoms with Gasteiger partial charge in [0, 0.05) is 12.1 Å². The normalized spacial score (nSPS) is 13.1. The summed E-state index contributed by atoms with van der Waals surface area (Å²) in [6.45, 7) is 8.23. The molecule has 0 saturated carbocycles. The second kappa shape index (κ2) is 9.75. The Labute approximate surface area is 186 Å². The number of benzene rings is 2. The molecule has 1 heterocycles. The van der Waals surface area contributed by atoms with Gasteiger partial charge < -0.3 is 0 Å². The van der Waals surface area contributed by atoms with E-state index in [1.54, 1.807) is 0 Å². The molecule has 4 rings (SSSR count). The largest absolute Gasteiger partial charge is 0.253 e. The van der Waals surface area contributed by atoms with Crippen LogP contribution in [0.25, 0.3) is 5.57 Å². The molecule has 0 N–H and O–H groups in total. The van der Waals surface area contributed by atoms with Crippen LogP contribution in [0.3, 0.4) is 0 Å². The fourth-order valence-electron chi connectivity index (χ4n) is 4.19. The topological polar surface area (TPSA) is 12.9 Å². The van der Waals surface area contributed by atoms with E-state index in [1.807, 2.05) is 0 Å². The van der Waals surface area contributed by atoms with E-state index in [1.165, 1.54) is 39.0 Å². The van der Waals surface area contributed by atoms with Crippen molar-refractivity contribution in [2.45, 2.75) is 46.0 Å². The Kier molecular flexibility index (Phi) is 6.62. The summed E-state index contributed by atoms with van der Waals surface area (Å²) in [5.41, 5.74) is 11.6. The molecule has 0 unspecified atom stereocenters. The predicted octanol–water partition coefficient (Wildman–Crippen LogP) is 7.45. The van der Waals surface area contributed by atoms with Gasteiger partial charge in [0.05, 0.1) is 5.69 Å².